The van der Waals surface area contributed by atoms with Crippen LogP contribution in [-0.2, 0) is 0 Å². The number of hydrogen-bond donors (Lipinski definition) is 1. The molecule has 0 amide bonds. The van der Waals surface area contributed by atoms with Crippen molar-refractivity contribution in [3.05, 3.63) is 0 Å². The summed E-state index contributed by atoms with van der Waals surface area (Å²) in [5.74, 6) is 0.907. The second-order valence-corrected chi connectivity index (χ2v) is 5.90. The molecule has 1 saturated carbocycles. The maximum atomic E-state index is 6.12. The Morgan fingerprint density at radius 3 is 2.29 bits per heavy atom. The highest BCUT2D eigenvalue weighted by Crippen LogP contribution is 2.35. The Labute approximate surface area is 108 Å². The van der Waals surface area contributed by atoms with Crippen molar-refractivity contribution in [2.45, 2.75) is 71.3 Å². The lowest BCUT2D eigenvalue weighted by Crippen LogP contribution is -2.55. The van der Waals surface area contributed by atoms with Crippen LogP contribution in [0.5, 0.6) is 0 Å². The zero-order chi connectivity index (χ0) is 12.7. The van der Waals surface area contributed by atoms with E-state index in [4.69, 9.17) is 5.73 Å². The molecule has 102 valence electrons. The second-order valence-electron chi connectivity index (χ2n) is 5.90. The molecule has 0 unspecified atom stereocenters. The Hall–Kier alpha value is -0.0800. The highest BCUT2D eigenvalue weighted by Gasteiger charge is 2.37. The number of hydrogen-bond acceptors (Lipinski definition) is 2. The number of likely N-dealkylation sites (N-methyl/N-ethyl adjacent to an activating group) is 1. The van der Waals surface area contributed by atoms with Crippen LogP contribution in [-0.4, -0.2) is 30.1 Å². The number of nitrogens with two attached hydrogens (primary N) is 1. The molecule has 0 heterocycles. The monoisotopic (exact) mass is 240 g/mol. The van der Waals surface area contributed by atoms with E-state index in [9.17, 15) is 0 Å². The van der Waals surface area contributed by atoms with Crippen molar-refractivity contribution in [1.29, 1.82) is 0 Å². The van der Waals surface area contributed by atoms with Crippen LogP contribution in [0.3, 0.4) is 0 Å². The highest BCUT2D eigenvalue weighted by atomic mass is 15.2. The molecular formula is C15H32N2. The van der Waals surface area contributed by atoms with Crippen molar-refractivity contribution in [1.82, 2.24) is 4.90 Å². The van der Waals surface area contributed by atoms with Gasteiger partial charge in [-0.1, -0.05) is 33.6 Å². The van der Waals surface area contributed by atoms with Gasteiger partial charge in [-0.25, -0.2) is 0 Å². The van der Waals surface area contributed by atoms with E-state index in [2.05, 4.69) is 25.7 Å². The molecule has 0 atom stereocenters. The van der Waals surface area contributed by atoms with E-state index in [1.807, 2.05) is 0 Å². The summed E-state index contributed by atoms with van der Waals surface area (Å²) in [5.41, 5.74) is 6.45. The number of nitrogens with zero attached hydrogens (tertiary/aromatic N) is 1. The maximum Gasteiger partial charge on any atom is 0.0331 e. The Bertz CT molecular complexity index is 195. The minimum atomic E-state index is 0.328. The predicted molar refractivity (Wildman–Crippen MR) is 76.2 cm³/mol. The van der Waals surface area contributed by atoms with Gasteiger partial charge >= 0.3 is 0 Å². The highest BCUT2D eigenvalue weighted by molar-refractivity contribution is 4.95. The summed E-state index contributed by atoms with van der Waals surface area (Å²) in [5, 5.41) is 0. The quantitative estimate of drug-likeness (QED) is 0.691. The number of unbranched alkanes of at least 4 members (excludes halogenated alkanes) is 2. The van der Waals surface area contributed by atoms with Gasteiger partial charge in [0.25, 0.3) is 0 Å². The van der Waals surface area contributed by atoms with Crippen LogP contribution < -0.4 is 5.73 Å². The fraction of sp³-hybridized carbons (Fsp3) is 1.00. The fourth-order valence-corrected chi connectivity index (χ4v) is 3.23. The van der Waals surface area contributed by atoms with Gasteiger partial charge in [0.15, 0.2) is 0 Å². The van der Waals surface area contributed by atoms with E-state index in [1.165, 1.54) is 51.5 Å². The first-order chi connectivity index (χ1) is 8.18. The molecule has 1 aliphatic rings. The molecule has 0 aromatic rings. The lowest BCUT2D eigenvalue weighted by Gasteiger charge is -2.47. The summed E-state index contributed by atoms with van der Waals surface area (Å²) in [6.45, 7) is 10.2. The van der Waals surface area contributed by atoms with Crippen LogP contribution in [0, 0.1) is 5.92 Å². The Morgan fingerprint density at radius 2 is 1.82 bits per heavy atom. The summed E-state index contributed by atoms with van der Waals surface area (Å²) < 4.78 is 0. The smallest absolute Gasteiger partial charge is 0.0331 e. The van der Waals surface area contributed by atoms with E-state index in [0.717, 1.165) is 19.0 Å². The van der Waals surface area contributed by atoms with Gasteiger partial charge in [-0.15, -0.1) is 0 Å². The zero-order valence-corrected chi connectivity index (χ0v) is 12.2. The molecule has 1 fully saturated rings. The third kappa shape index (κ3) is 3.96. The Kier molecular flexibility index (Phi) is 6.50. The topological polar surface area (TPSA) is 29.3 Å². The fourth-order valence-electron chi connectivity index (χ4n) is 3.23. The van der Waals surface area contributed by atoms with Gasteiger partial charge in [0.2, 0.25) is 0 Å². The summed E-state index contributed by atoms with van der Waals surface area (Å²) >= 11 is 0. The molecule has 0 radical (unpaired) electrons. The van der Waals surface area contributed by atoms with E-state index in [1.54, 1.807) is 0 Å². The second kappa shape index (κ2) is 7.38. The minimum Gasteiger partial charge on any atom is -0.329 e. The van der Waals surface area contributed by atoms with Gasteiger partial charge in [-0.05, 0) is 51.1 Å². The first-order valence-corrected chi connectivity index (χ1v) is 7.63. The lowest BCUT2D eigenvalue weighted by atomic mass is 9.76. The van der Waals surface area contributed by atoms with Crippen molar-refractivity contribution < 1.29 is 0 Å². The third-order valence-electron chi connectivity index (χ3n) is 4.67. The van der Waals surface area contributed by atoms with Crippen LogP contribution >= 0.6 is 0 Å². The van der Waals surface area contributed by atoms with Gasteiger partial charge < -0.3 is 5.73 Å². The first-order valence-electron chi connectivity index (χ1n) is 7.63. The Balaban J connectivity index is 2.55. The molecule has 0 aliphatic heterocycles. The zero-order valence-electron chi connectivity index (χ0n) is 12.2. The largest absolute Gasteiger partial charge is 0.329 e. The summed E-state index contributed by atoms with van der Waals surface area (Å²) in [7, 11) is 0. The van der Waals surface area contributed by atoms with Crippen LogP contribution in [0.25, 0.3) is 0 Å². The van der Waals surface area contributed by atoms with Crippen molar-refractivity contribution in [3.8, 4) is 0 Å². The van der Waals surface area contributed by atoms with Crippen molar-refractivity contribution in [3.63, 3.8) is 0 Å². The molecular weight excluding hydrogens is 208 g/mol. The molecule has 0 spiro atoms. The SMILES string of the molecule is CCCCCN(CC)C1(CN)CCC(C)CC1. The molecule has 0 bridgehead atoms. The van der Waals surface area contributed by atoms with Gasteiger partial charge in [-0.3, -0.25) is 4.90 Å². The molecule has 2 nitrogen and oxygen atoms in total. The van der Waals surface area contributed by atoms with Crippen molar-refractivity contribution >= 4 is 0 Å². The van der Waals surface area contributed by atoms with E-state index < -0.39 is 0 Å². The van der Waals surface area contributed by atoms with Crippen LogP contribution in [0.1, 0.15) is 65.7 Å². The van der Waals surface area contributed by atoms with Crippen LogP contribution in [0.2, 0.25) is 0 Å². The van der Waals surface area contributed by atoms with Crippen LogP contribution in [0.15, 0.2) is 0 Å². The standard InChI is InChI=1S/C15H32N2/c1-4-6-7-12-17(5-2)15(13-16)10-8-14(3)9-11-15/h14H,4-13,16H2,1-3H3. The molecule has 2 heteroatoms. The lowest BCUT2D eigenvalue weighted by molar-refractivity contribution is 0.0476. The average molecular weight is 240 g/mol. The molecule has 0 aromatic heterocycles. The average Bonchev–Trinajstić information content (AvgIpc) is 2.37. The normalized spacial score (nSPS) is 29.8. The summed E-state index contributed by atoms with van der Waals surface area (Å²) in [6, 6.07) is 0. The van der Waals surface area contributed by atoms with Gasteiger partial charge in [0, 0.05) is 12.1 Å². The van der Waals surface area contributed by atoms with E-state index in [0.29, 0.717) is 5.54 Å². The van der Waals surface area contributed by atoms with Gasteiger partial charge in [-0.2, -0.15) is 0 Å². The minimum absolute atomic E-state index is 0.328. The van der Waals surface area contributed by atoms with E-state index >= 15 is 0 Å². The first kappa shape index (κ1) is 15.0. The van der Waals surface area contributed by atoms with Gasteiger partial charge in [0.1, 0.15) is 0 Å². The molecule has 0 aromatic carbocycles. The van der Waals surface area contributed by atoms with Crippen molar-refractivity contribution in [2.24, 2.45) is 11.7 Å². The van der Waals surface area contributed by atoms with Gasteiger partial charge in [0.05, 0.1) is 0 Å². The molecule has 1 aliphatic carbocycles. The maximum absolute atomic E-state index is 6.12. The third-order valence-corrected chi connectivity index (χ3v) is 4.67. The molecule has 17 heavy (non-hydrogen) atoms. The van der Waals surface area contributed by atoms with E-state index in [-0.39, 0.29) is 0 Å². The summed E-state index contributed by atoms with van der Waals surface area (Å²) in [4.78, 5) is 2.68. The number of rotatable bonds is 7. The molecule has 1 rings (SSSR count). The van der Waals surface area contributed by atoms with Crippen molar-refractivity contribution in [2.75, 3.05) is 19.6 Å². The van der Waals surface area contributed by atoms with Crippen LogP contribution in [0.4, 0.5) is 0 Å². The molecule has 2 N–H and O–H groups in total. The Morgan fingerprint density at radius 1 is 1.18 bits per heavy atom. The molecule has 0 saturated heterocycles. The summed E-state index contributed by atoms with van der Waals surface area (Å²) in [6.07, 6.45) is 9.34. The predicted octanol–water partition coefficient (Wildman–Crippen LogP) is 3.41.